The van der Waals surface area contributed by atoms with Gasteiger partial charge in [0, 0.05) is 67.9 Å². The fourth-order valence-corrected chi connectivity index (χ4v) is 11.3. The van der Waals surface area contributed by atoms with Gasteiger partial charge in [0.05, 0.1) is 42.7 Å². The van der Waals surface area contributed by atoms with Crippen molar-refractivity contribution in [1.29, 1.82) is 0 Å². The largest absolute Gasteiger partial charge is 0.497 e. The second kappa shape index (κ2) is 27.3. The van der Waals surface area contributed by atoms with Crippen LogP contribution in [0.5, 0.6) is 34.5 Å². The third-order valence-corrected chi connectivity index (χ3v) is 16.4. The highest BCUT2D eigenvalue weighted by molar-refractivity contribution is 5.83. The molecular formula is C81H66N6O6. The number of nitrogens with zero attached hydrogens (tertiary/aromatic N) is 6. The van der Waals surface area contributed by atoms with Gasteiger partial charge in [-0.05, 0) is 215 Å². The zero-order chi connectivity index (χ0) is 63.6. The highest BCUT2D eigenvalue weighted by Crippen LogP contribution is 2.42. The summed E-state index contributed by atoms with van der Waals surface area (Å²) in [5.74, 6) is 6.42. The maximum atomic E-state index is 5.49. The molecule has 0 atom stereocenters. The van der Waals surface area contributed by atoms with Crippen LogP contribution >= 0.6 is 0 Å². The van der Waals surface area contributed by atoms with Crippen LogP contribution in [-0.4, -0.2) is 57.6 Å². The second-order valence-corrected chi connectivity index (χ2v) is 21.9. The smallest absolute Gasteiger partial charge is 0.164 e. The van der Waals surface area contributed by atoms with Gasteiger partial charge in [-0.15, -0.1) is 0 Å². The molecule has 12 heteroatoms. The van der Waals surface area contributed by atoms with Crippen molar-refractivity contribution in [3.63, 3.8) is 0 Å². The van der Waals surface area contributed by atoms with Crippen LogP contribution in [0.2, 0.25) is 0 Å². The first kappa shape index (κ1) is 59.8. The molecule has 0 saturated heterocycles. The van der Waals surface area contributed by atoms with E-state index in [1.165, 1.54) is 0 Å². The van der Waals surface area contributed by atoms with Crippen LogP contribution in [0.4, 0.5) is 51.2 Å². The van der Waals surface area contributed by atoms with Gasteiger partial charge in [0.2, 0.25) is 0 Å². The number of anilines is 9. The fourth-order valence-electron chi connectivity index (χ4n) is 11.3. The molecule has 0 unspecified atom stereocenters. The summed E-state index contributed by atoms with van der Waals surface area (Å²) in [6.07, 6.45) is 0. The summed E-state index contributed by atoms with van der Waals surface area (Å²) < 4.78 is 33.0. The lowest BCUT2D eigenvalue weighted by atomic mass is 10.0. The third kappa shape index (κ3) is 13.1. The van der Waals surface area contributed by atoms with Crippen LogP contribution in [0.15, 0.2) is 291 Å². The normalized spacial score (nSPS) is 10.9. The zero-order valence-electron chi connectivity index (χ0n) is 52.3. The Balaban J connectivity index is 0.808. The molecule has 456 valence electrons. The first-order valence-corrected chi connectivity index (χ1v) is 30.4. The summed E-state index contributed by atoms with van der Waals surface area (Å²) in [7, 11) is 10.1. The standard InChI is InChI=1S/C81H66N6O6/c1-88-73-43-31-67(32-44-73)85(68-33-45-74(89-2)46-34-68)64-25-19-58(20-26-64)55-7-13-61(14-8-55)79-82-80(62-15-9-56(10-16-62)59-21-27-65(28-22-59)86(69-35-47-75(90-3)48-36-69)70-37-49-76(91-4)50-38-70)84-81(83-79)63-17-11-57(12-18-63)60-23-29-66(30-24-60)87(71-39-51-77(92-5)52-40-71)72-41-53-78(93-6)54-42-72/h7-54H,1-6H3. The van der Waals surface area contributed by atoms with E-state index in [-0.39, 0.29) is 0 Å². The highest BCUT2D eigenvalue weighted by atomic mass is 16.5. The highest BCUT2D eigenvalue weighted by Gasteiger charge is 2.19. The maximum absolute atomic E-state index is 5.49. The number of methoxy groups -OCH3 is 6. The van der Waals surface area contributed by atoms with E-state index in [0.29, 0.717) is 17.5 Å². The molecule has 12 aromatic carbocycles. The minimum absolute atomic E-state index is 0.558. The van der Waals surface area contributed by atoms with E-state index in [2.05, 4.69) is 233 Å². The number of hydrogen-bond acceptors (Lipinski definition) is 12. The van der Waals surface area contributed by atoms with Crippen LogP contribution in [0.1, 0.15) is 0 Å². The minimum Gasteiger partial charge on any atom is -0.497 e. The Bertz CT molecular complexity index is 3970. The predicted octanol–water partition coefficient (Wildman–Crippen LogP) is 20.3. The lowest BCUT2D eigenvalue weighted by Gasteiger charge is -2.26. The van der Waals surface area contributed by atoms with Crippen molar-refractivity contribution in [2.75, 3.05) is 57.4 Å². The van der Waals surface area contributed by atoms with E-state index in [1.54, 1.807) is 42.7 Å². The Kier molecular flexibility index (Phi) is 17.6. The lowest BCUT2D eigenvalue weighted by Crippen LogP contribution is -2.09. The number of hydrogen-bond donors (Lipinski definition) is 0. The molecule has 0 radical (unpaired) electrons. The molecule has 0 aliphatic heterocycles. The van der Waals surface area contributed by atoms with Gasteiger partial charge < -0.3 is 43.1 Å². The van der Waals surface area contributed by atoms with Gasteiger partial charge in [-0.1, -0.05) is 109 Å². The van der Waals surface area contributed by atoms with Crippen LogP contribution in [0, 0.1) is 0 Å². The SMILES string of the molecule is COc1ccc(N(c2ccc(OC)cc2)c2ccc(-c3ccc(-c4nc(-c5ccc(-c6ccc(N(c7ccc(OC)cc7)c7ccc(OC)cc7)cc6)cc5)nc(-c5ccc(-c6ccc(N(c7ccc(OC)cc7)c7ccc(OC)cc7)cc6)cc5)n4)cc3)cc2)cc1. The van der Waals surface area contributed by atoms with Crippen molar-refractivity contribution >= 4 is 51.2 Å². The second-order valence-electron chi connectivity index (χ2n) is 21.9. The van der Waals surface area contributed by atoms with Gasteiger partial charge in [0.15, 0.2) is 17.5 Å². The summed E-state index contributed by atoms with van der Waals surface area (Å²) >= 11 is 0. The fraction of sp³-hybridized carbons (Fsp3) is 0.0741. The zero-order valence-corrected chi connectivity index (χ0v) is 52.3. The molecule has 0 aliphatic rings. The van der Waals surface area contributed by atoms with Gasteiger partial charge in [0.1, 0.15) is 34.5 Å². The average Bonchev–Trinajstić information content (AvgIpc) is 1.23. The average molecular weight is 1220 g/mol. The Labute approximate surface area is 542 Å². The van der Waals surface area contributed by atoms with Gasteiger partial charge in [-0.2, -0.15) is 0 Å². The number of benzene rings is 12. The molecule has 1 aromatic heterocycles. The van der Waals surface area contributed by atoms with Crippen molar-refractivity contribution in [1.82, 2.24) is 15.0 Å². The van der Waals surface area contributed by atoms with E-state index in [9.17, 15) is 0 Å². The molecule has 12 nitrogen and oxygen atoms in total. The van der Waals surface area contributed by atoms with E-state index in [1.807, 2.05) is 72.8 Å². The van der Waals surface area contributed by atoms with Crippen molar-refractivity contribution in [3.05, 3.63) is 291 Å². The third-order valence-electron chi connectivity index (χ3n) is 16.4. The van der Waals surface area contributed by atoms with Crippen molar-refractivity contribution in [3.8, 4) is 102 Å². The number of rotatable bonds is 21. The Morgan fingerprint density at radius 3 is 0.419 bits per heavy atom. The molecule has 0 spiro atoms. The summed E-state index contributed by atoms with van der Waals surface area (Å²) in [6, 6.07) is 99.4. The van der Waals surface area contributed by atoms with Crippen LogP contribution in [0.25, 0.3) is 67.5 Å². The predicted molar refractivity (Wildman–Crippen MR) is 376 cm³/mol. The van der Waals surface area contributed by atoms with Crippen LogP contribution < -0.4 is 43.1 Å². The van der Waals surface area contributed by atoms with E-state index < -0.39 is 0 Å². The Morgan fingerprint density at radius 2 is 0.280 bits per heavy atom. The molecule has 0 N–H and O–H groups in total. The van der Waals surface area contributed by atoms with Crippen molar-refractivity contribution in [2.45, 2.75) is 0 Å². The molecule has 0 fully saturated rings. The lowest BCUT2D eigenvalue weighted by molar-refractivity contribution is 0.414. The maximum Gasteiger partial charge on any atom is 0.164 e. The Hall–Kier alpha value is -12.2. The van der Waals surface area contributed by atoms with Gasteiger partial charge in [-0.3, -0.25) is 0 Å². The number of ether oxygens (including phenoxy) is 6. The van der Waals surface area contributed by atoms with Crippen LogP contribution in [-0.2, 0) is 0 Å². The monoisotopic (exact) mass is 1220 g/mol. The first-order valence-electron chi connectivity index (χ1n) is 30.4. The van der Waals surface area contributed by atoms with Crippen molar-refractivity contribution in [2.24, 2.45) is 0 Å². The van der Waals surface area contributed by atoms with Gasteiger partial charge in [-0.25, -0.2) is 15.0 Å². The quantitative estimate of drug-likeness (QED) is 0.0684. The van der Waals surface area contributed by atoms with E-state index >= 15 is 0 Å². The minimum atomic E-state index is 0.558. The molecule has 13 rings (SSSR count). The topological polar surface area (TPSA) is 104 Å². The van der Waals surface area contributed by atoms with Crippen LogP contribution in [0.3, 0.4) is 0 Å². The van der Waals surface area contributed by atoms with E-state index in [4.69, 9.17) is 43.4 Å². The summed E-state index contributed by atoms with van der Waals surface area (Å²) in [4.78, 5) is 22.2. The molecular weight excluding hydrogens is 1150 g/mol. The Morgan fingerprint density at radius 1 is 0.161 bits per heavy atom. The van der Waals surface area contributed by atoms with Gasteiger partial charge >= 0.3 is 0 Å². The molecule has 93 heavy (non-hydrogen) atoms. The van der Waals surface area contributed by atoms with E-state index in [0.717, 1.165) is 136 Å². The summed E-state index contributed by atoms with van der Waals surface area (Å²) in [5.41, 5.74) is 17.9. The first-order chi connectivity index (χ1) is 45.7. The molecule has 13 aromatic rings. The summed E-state index contributed by atoms with van der Waals surface area (Å²) in [6.45, 7) is 0. The molecule has 0 bridgehead atoms. The number of aromatic nitrogens is 3. The van der Waals surface area contributed by atoms with Gasteiger partial charge in [0.25, 0.3) is 0 Å². The van der Waals surface area contributed by atoms with Crippen molar-refractivity contribution < 1.29 is 28.4 Å². The molecule has 0 amide bonds. The summed E-state index contributed by atoms with van der Waals surface area (Å²) in [5, 5.41) is 0. The molecule has 1 heterocycles. The molecule has 0 saturated carbocycles. The molecule has 0 aliphatic carbocycles.